The van der Waals surface area contributed by atoms with Gasteiger partial charge in [-0.15, -0.1) is 24.0 Å². The Morgan fingerprint density at radius 2 is 2.03 bits per heavy atom. The van der Waals surface area contributed by atoms with Crippen LogP contribution in [0.5, 0.6) is 5.75 Å². The van der Waals surface area contributed by atoms with Gasteiger partial charge in [0.25, 0.3) is 0 Å². The molecule has 0 aromatic heterocycles. The molecule has 0 radical (unpaired) electrons. The molecule has 3 rings (SSSR count). The Morgan fingerprint density at radius 3 is 2.77 bits per heavy atom. The monoisotopic (exact) mass is 548 g/mol. The molecule has 0 bridgehead atoms. The van der Waals surface area contributed by atoms with Crippen molar-refractivity contribution < 1.29 is 9.47 Å². The maximum atomic E-state index is 6.12. The molecule has 1 aromatic carbocycles. The number of thioether (sulfide) groups is 1. The molecule has 1 atom stereocenters. The zero-order valence-corrected chi connectivity index (χ0v) is 21.7. The molecule has 30 heavy (non-hydrogen) atoms. The van der Waals surface area contributed by atoms with Crippen molar-refractivity contribution in [2.75, 3.05) is 65.3 Å². The first-order chi connectivity index (χ1) is 14.2. The van der Waals surface area contributed by atoms with Crippen molar-refractivity contribution in [2.45, 2.75) is 25.6 Å². The van der Waals surface area contributed by atoms with Crippen LogP contribution in [0.3, 0.4) is 0 Å². The summed E-state index contributed by atoms with van der Waals surface area (Å²) >= 11 is 2.08. The molecule has 6 nitrogen and oxygen atoms in total. The first kappa shape index (κ1) is 25.5. The van der Waals surface area contributed by atoms with E-state index in [-0.39, 0.29) is 24.0 Å². The maximum absolute atomic E-state index is 6.12. The van der Waals surface area contributed by atoms with Crippen molar-refractivity contribution in [3.05, 3.63) is 29.8 Å². The highest BCUT2D eigenvalue weighted by Gasteiger charge is 2.24. The van der Waals surface area contributed by atoms with Gasteiger partial charge in [-0.25, -0.2) is 0 Å². The molecule has 0 spiro atoms. The molecule has 0 saturated carbocycles. The van der Waals surface area contributed by atoms with E-state index in [1.165, 1.54) is 5.56 Å². The number of benzene rings is 1. The number of ether oxygens (including phenoxy) is 2. The second-order valence-electron chi connectivity index (χ2n) is 7.91. The lowest BCUT2D eigenvalue weighted by molar-refractivity contribution is 0.0322. The van der Waals surface area contributed by atoms with Crippen molar-refractivity contribution in [1.29, 1.82) is 0 Å². The molecule has 2 fully saturated rings. The van der Waals surface area contributed by atoms with E-state index in [0.717, 1.165) is 69.9 Å². The van der Waals surface area contributed by atoms with Crippen molar-refractivity contribution in [2.24, 2.45) is 10.9 Å². The van der Waals surface area contributed by atoms with Gasteiger partial charge >= 0.3 is 0 Å². The third kappa shape index (κ3) is 7.76. The summed E-state index contributed by atoms with van der Waals surface area (Å²) in [6, 6.07) is 8.30. The molecule has 0 amide bonds. The van der Waals surface area contributed by atoms with Gasteiger partial charge in [-0.05, 0) is 12.0 Å². The van der Waals surface area contributed by atoms with E-state index in [9.17, 15) is 0 Å². The van der Waals surface area contributed by atoms with Gasteiger partial charge in [0.05, 0.1) is 13.2 Å². The maximum Gasteiger partial charge on any atom is 0.193 e. The summed E-state index contributed by atoms with van der Waals surface area (Å²) in [7, 11) is 1.87. The Bertz CT molecular complexity index is 656. The van der Waals surface area contributed by atoms with Gasteiger partial charge < -0.3 is 19.7 Å². The predicted octanol–water partition coefficient (Wildman–Crippen LogP) is 3.16. The van der Waals surface area contributed by atoms with Crippen molar-refractivity contribution >= 4 is 41.7 Å². The van der Waals surface area contributed by atoms with Crippen LogP contribution in [0, 0.1) is 5.92 Å². The minimum absolute atomic E-state index is 0. The minimum Gasteiger partial charge on any atom is -0.492 e. The Kier molecular flexibility index (Phi) is 11.6. The van der Waals surface area contributed by atoms with Crippen LogP contribution in [0.15, 0.2) is 29.3 Å². The number of rotatable bonds is 7. The van der Waals surface area contributed by atoms with E-state index < -0.39 is 0 Å². The average Bonchev–Trinajstić information content (AvgIpc) is 2.76. The van der Waals surface area contributed by atoms with Gasteiger partial charge in [-0.3, -0.25) is 9.89 Å². The smallest absolute Gasteiger partial charge is 0.193 e. The van der Waals surface area contributed by atoms with Gasteiger partial charge in [0.1, 0.15) is 12.4 Å². The quantitative estimate of drug-likeness (QED) is 0.321. The Morgan fingerprint density at radius 1 is 1.27 bits per heavy atom. The zero-order chi connectivity index (χ0) is 20.5. The SMILES string of the molecule is CN=C(NCc1ccccc1OCCN1CCOCC1)N1CCSC(C(C)C)C1.I. The Hall–Kier alpha value is -0.710. The molecule has 8 heteroatoms. The number of guanidine groups is 1. The van der Waals surface area contributed by atoms with Crippen molar-refractivity contribution in [3.63, 3.8) is 0 Å². The second-order valence-corrected chi connectivity index (χ2v) is 9.26. The van der Waals surface area contributed by atoms with Crippen LogP contribution in [-0.4, -0.2) is 86.4 Å². The summed E-state index contributed by atoms with van der Waals surface area (Å²) in [5, 5.41) is 4.22. The minimum atomic E-state index is 0. The number of hydrogen-bond donors (Lipinski definition) is 1. The lowest BCUT2D eigenvalue weighted by atomic mass is 10.1. The van der Waals surface area contributed by atoms with Crippen LogP contribution in [0.2, 0.25) is 0 Å². The van der Waals surface area contributed by atoms with Crippen LogP contribution in [0.25, 0.3) is 0 Å². The van der Waals surface area contributed by atoms with Gasteiger partial charge in [0.15, 0.2) is 5.96 Å². The topological polar surface area (TPSA) is 49.3 Å². The Labute approximate surface area is 203 Å². The van der Waals surface area contributed by atoms with E-state index in [4.69, 9.17) is 9.47 Å². The van der Waals surface area contributed by atoms with Crippen molar-refractivity contribution in [3.8, 4) is 5.75 Å². The standard InChI is InChI=1S/C22H36N4O2S.HI/c1-18(2)21-17-26(11-15-29-21)22(23-3)24-16-19-6-4-5-7-20(19)28-14-10-25-8-12-27-13-9-25;/h4-7,18,21H,8-17H2,1-3H3,(H,23,24);1H. The summed E-state index contributed by atoms with van der Waals surface area (Å²) in [4.78, 5) is 9.32. The van der Waals surface area contributed by atoms with Gasteiger partial charge in [0.2, 0.25) is 0 Å². The largest absolute Gasteiger partial charge is 0.492 e. The molecular formula is C22H37IN4O2S. The summed E-state index contributed by atoms with van der Waals surface area (Å²) in [6.45, 7) is 12.7. The van der Waals surface area contributed by atoms with Crippen LogP contribution < -0.4 is 10.1 Å². The second kappa shape index (κ2) is 13.6. The molecule has 1 aromatic rings. The molecule has 2 saturated heterocycles. The first-order valence-electron chi connectivity index (χ1n) is 10.8. The number of nitrogens with one attached hydrogen (secondary N) is 1. The molecule has 2 aliphatic rings. The lowest BCUT2D eigenvalue weighted by Crippen LogP contribution is -2.48. The number of hydrogen-bond acceptors (Lipinski definition) is 5. The number of nitrogens with zero attached hydrogens (tertiary/aromatic N) is 3. The first-order valence-corrected chi connectivity index (χ1v) is 11.8. The fourth-order valence-electron chi connectivity index (χ4n) is 3.68. The summed E-state index contributed by atoms with van der Waals surface area (Å²) < 4.78 is 11.5. The third-order valence-corrected chi connectivity index (χ3v) is 7.07. The molecular weight excluding hydrogens is 511 g/mol. The van der Waals surface area contributed by atoms with Gasteiger partial charge in [-0.1, -0.05) is 32.0 Å². The predicted molar refractivity (Wildman–Crippen MR) is 137 cm³/mol. The summed E-state index contributed by atoms with van der Waals surface area (Å²) in [6.07, 6.45) is 0. The number of para-hydroxylation sites is 1. The van der Waals surface area contributed by atoms with E-state index >= 15 is 0 Å². The van der Waals surface area contributed by atoms with E-state index in [1.54, 1.807) is 0 Å². The van der Waals surface area contributed by atoms with Gasteiger partial charge in [-0.2, -0.15) is 11.8 Å². The summed E-state index contributed by atoms with van der Waals surface area (Å²) in [5.74, 6) is 3.78. The van der Waals surface area contributed by atoms with Crippen LogP contribution >= 0.6 is 35.7 Å². The molecule has 2 aliphatic heterocycles. The summed E-state index contributed by atoms with van der Waals surface area (Å²) in [5.41, 5.74) is 1.17. The highest BCUT2D eigenvalue weighted by Crippen LogP contribution is 2.25. The molecule has 0 aliphatic carbocycles. The number of halogens is 1. The van der Waals surface area contributed by atoms with Crippen LogP contribution in [0.1, 0.15) is 19.4 Å². The Balaban J connectivity index is 0.00000320. The number of morpholine rings is 1. The molecule has 170 valence electrons. The highest BCUT2D eigenvalue weighted by molar-refractivity contribution is 14.0. The molecule has 1 N–H and O–H groups in total. The zero-order valence-electron chi connectivity index (χ0n) is 18.5. The van der Waals surface area contributed by atoms with E-state index in [1.807, 2.05) is 13.1 Å². The highest BCUT2D eigenvalue weighted by atomic mass is 127. The number of aliphatic imine (C=N–C) groups is 1. The fourth-order valence-corrected chi connectivity index (χ4v) is 4.98. The van der Waals surface area contributed by atoms with Crippen molar-refractivity contribution in [1.82, 2.24) is 15.1 Å². The van der Waals surface area contributed by atoms with Crippen LogP contribution in [-0.2, 0) is 11.3 Å². The third-order valence-electron chi connectivity index (χ3n) is 5.53. The van der Waals surface area contributed by atoms with Crippen LogP contribution in [0.4, 0.5) is 0 Å². The normalized spacial score (nSPS) is 20.7. The molecule has 2 heterocycles. The van der Waals surface area contributed by atoms with E-state index in [0.29, 0.717) is 17.8 Å². The fraction of sp³-hybridized carbons (Fsp3) is 0.682. The average molecular weight is 549 g/mol. The van der Waals surface area contributed by atoms with E-state index in [2.05, 4.69) is 63.9 Å². The molecule has 1 unspecified atom stereocenters. The van der Waals surface area contributed by atoms with Gasteiger partial charge in [0, 0.05) is 62.9 Å². The lowest BCUT2D eigenvalue weighted by Gasteiger charge is -2.36.